The maximum atomic E-state index is 11.7. The molecule has 0 saturated heterocycles. The van der Waals surface area contributed by atoms with Gasteiger partial charge in [0.2, 0.25) is 0 Å². The number of rotatable bonds is 4. The topological polar surface area (TPSA) is 85.6 Å². The Kier molecular flexibility index (Phi) is 9.63. The quantitative estimate of drug-likeness (QED) is 0.673. The van der Waals surface area contributed by atoms with Crippen molar-refractivity contribution < 1.29 is 4.79 Å². The first-order chi connectivity index (χ1) is 11.6. The lowest BCUT2D eigenvalue weighted by Crippen LogP contribution is -2.02. The number of aromatic nitrogens is 3. The predicted octanol–water partition coefficient (Wildman–Crippen LogP) is 4.18. The molecular formula is C18H27N5O. The van der Waals surface area contributed by atoms with Gasteiger partial charge in [0, 0.05) is 25.5 Å². The van der Waals surface area contributed by atoms with Gasteiger partial charge in [-0.1, -0.05) is 46.4 Å². The summed E-state index contributed by atoms with van der Waals surface area (Å²) >= 11 is 0. The van der Waals surface area contributed by atoms with Gasteiger partial charge >= 0.3 is 0 Å². The average Bonchev–Trinajstić information content (AvgIpc) is 3.00. The van der Waals surface area contributed by atoms with Crippen molar-refractivity contribution in [3.05, 3.63) is 42.6 Å². The van der Waals surface area contributed by atoms with E-state index >= 15 is 0 Å². The van der Waals surface area contributed by atoms with Crippen molar-refractivity contribution >= 4 is 29.0 Å². The molecule has 2 rings (SSSR count). The number of hydrogen-bond acceptors (Lipinski definition) is 5. The number of hydrogen-bond donors (Lipinski definition) is 1. The minimum absolute atomic E-state index is 0.153. The molecule has 130 valence electrons. The van der Waals surface area contributed by atoms with Crippen LogP contribution in [0.1, 0.15) is 57.9 Å². The molecule has 0 aromatic carbocycles. The van der Waals surface area contributed by atoms with Gasteiger partial charge in [0.25, 0.3) is 0 Å². The molecule has 0 amide bonds. The highest BCUT2D eigenvalue weighted by Gasteiger charge is 2.18. The maximum absolute atomic E-state index is 11.7. The van der Waals surface area contributed by atoms with E-state index in [1.165, 1.54) is 13.1 Å². The molecule has 0 spiro atoms. The fourth-order valence-corrected chi connectivity index (χ4v) is 1.90. The van der Waals surface area contributed by atoms with Crippen molar-refractivity contribution in [2.45, 2.75) is 41.5 Å². The van der Waals surface area contributed by atoms with E-state index in [0.717, 1.165) is 0 Å². The minimum atomic E-state index is -0.153. The summed E-state index contributed by atoms with van der Waals surface area (Å²) in [5, 5.41) is 0. The Balaban J connectivity index is 0.00000123. The van der Waals surface area contributed by atoms with E-state index in [2.05, 4.69) is 21.5 Å². The van der Waals surface area contributed by atoms with Gasteiger partial charge in [0.15, 0.2) is 11.6 Å². The van der Waals surface area contributed by atoms with E-state index in [1.54, 1.807) is 29.0 Å². The van der Waals surface area contributed by atoms with Gasteiger partial charge in [-0.3, -0.25) is 14.2 Å². The second-order valence-corrected chi connectivity index (χ2v) is 4.06. The van der Waals surface area contributed by atoms with Crippen LogP contribution in [0.15, 0.2) is 36.1 Å². The van der Waals surface area contributed by atoms with Crippen LogP contribution in [0, 0.1) is 0 Å². The molecule has 0 aliphatic carbocycles. The summed E-state index contributed by atoms with van der Waals surface area (Å²) < 4.78 is 1.63. The normalized spacial score (nSPS) is 10.7. The van der Waals surface area contributed by atoms with E-state index in [1.807, 2.05) is 34.6 Å². The number of aliphatic imine (C=N–C) groups is 1. The van der Waals surface area contributed by atoms with E-state index < -0.39 is 0 Å². The molecule has 2 heterocycles. The molecule has 0 atom stereocenters. The first-order valence-electron chi connectivity index (χ1n) is 8.05. The molecule has 0 radical (unpaired) electrons. The maximum Gasteiger partial charge on any atom is 0.195 e. The van der Waals surface area contributed by atoms with Gasteiger partial charge in [0.05, 0.1) is 5.70 Å². The molecular weight excluding hydrogens is 302 g/mol. The second kappa shape index (κ2) is 10.9. The van der Waals surface area contributed by atoms with E-state index in [0.29, 0.717) is 28.5 Å². The first-order valence-corrected chi connectivity index (χ1v) is 8.05. The number of anilines is 1. The van der Waals surface area contributed by atoms with Gasteiger partial charge < -0.3 is 5.73 Å². The van der Waals surface area contributed by atoms with Crippen LogP contribution in [0.3, 0.4) is 0 Å². The van der Waals surface area contributed by atoms with Crippen molar-refractivity contribution in [2.75, 3.05) is 5.73 Å². The smallest absolute Gasteiger partial charge is 0.195 e. The summed E-state index contributed by atoms with van der Waals surface area (Å²) in [6.45, 7) is 14.9. The average molecular weight is 329 g/mol. The summed E-state index contributed by atoms with van der Waals surface area (Å²) in [4.78, 5) is 24.3. The Morgan fingerprint density at radius 2 is 1.96 bits per heavy atom. The highest BCUT2D eigenvalue weighted by atomic mass is 16.1. The number of ketones is 1. The van der Waals surface area contributed by atoms with Crippen molar-refractivity contribution in [2.24, 2.45) is 4.99 Å². The van der Waals surface area contributed by atoms with Crippen LogP contribution >= 0.6 is 0 Å². The molecule has 2 aromatic rings. The Labute approximate surface area is 143 Å². The fourth-order valence-electron chi connectivity index (χ4n) is 1.90. The Morgan fingerprint density at radius 1 is 1.33 bits per heavy atom. The predicted molar refractivity (Wildman–Crippen MR) is 102 cm³/mol. The lowest BCUT2D eigenvalue weighted by atomic mass is 10.2. The van der Waals surface area contributed by atoms with Crippen molar-refractivity contribution in [1.29, 1.82) is 0 Å². The number of nitrogens with zero attached hydrogens (tertiary/aromatic N) is 4. The monoisotopic (exact) mass is 329 g/mol. The second-order valence-electron chi connectivity index (χ2n) is 4.06. The Hall–Kier alpha value is -2.76. The van der Waals surface area contributed by atoms with Gasteiger partial charge in [-0.15, -0.1) is 0 Å². The van der Waals surface area contributed by atoms with Gasteiger partial charge in [-0.25, -0.2) is 9.97 Å². The van der Waals surface area contributed by atoms with Crippen LogP contribution in [-0.2, 0) is 0 Å². The van der Waals surface area contributed by atoms with Crippen molar-refractivity contribution in [3.63, 3.8) is 0 Å². The lowest BCUT2D eigenvalue weighted by Gasteiger charge is -2.01. The lowest BCUT2D eigenvalue weighted by molar-refractivity contribution is 0.100. The molecule has 0 fully saturated rings. The molecule has 0 bridgehead atoms. The zero-order chi connectivity index (χ0) is 18.7. The standard InChI is InChI=1S/C14H15N5O.2C2H6/c1-4-6-16-10(5-2)11-12-13(15)17-7-8-19(12)14(18-11)9(3)20;2*1-2/h4-8H,1H2,2-3H3,(H2,15,17);2*1-2H3/b10-5-,16-6?;;. The summed E-state index contributed by atoms with van der Waals surface area (Å²) in [6, 6.07) is 0. The summed E-state index contributed by atoms with van der Waals surface area (Å²) in [5.41, 5.74) is 7.62. The number of carbonyl (C=O) groups is 1. The van der Waals surface area contributed by atoms with Crippen molar-refractivity contribution in [3.8, 4) is 0 Å². The first kappa shape index (κ1) is 21.2. The molecule has 24 heavy (non-hydrogen) atoms. The van der Waals surface area contributed by atoms with Crippen molar-refractivity contribution in [1.82, 2.24) is 14.4 Å². The number of imidazole rings is 1. The van der Waals surface area contributed by atoms with Crippen LogP contribution in [0.5, 0.6) is 0 Å². The third-order valence-electron chi connectivity index (χ3n) is 2.73. The van der Waals surface area contributed by atoms with Gasteiger partial charge in [-0.2, -0.15) is 0 Å². The number of Topliss-reactive ketones (excluding diaryl/α,β-unsaturated/α-hetero) is 1. The highest BCUT2D eigenvalue weighted by molar-refractivity contribution is 5.95. The molecule has 0 aliphatic rings. The number of carbonyl (C=O) groups excluding carboxylic acids is 1. The van der Waals surface area contributed by atoms with E-state index in [4.69, 9.17) is 5.73 Å². The summed E-state index contributed by atoms with van der Waals surface area (Å²) in [7, 11) is 0. The summed E-state index contributed by atoms with van der Waals surface area (Å²) in [6.07, 6.45) is 8.10. The minimum Gasteiger partial charge on any atom is -0.382 e. The molecule has 0 saturated carbocycles. The van der Waals surface area contributed by atoms with Crippen LogP contribution in [0.25, 0.3) is 11.2 Å². The fraction of sp³-hybridized carbons (Fsp3) is 0.333. The van der Waals surface area contributed by atoms with E-state index in [-0.39, 0.29) is 5.78 Å². The Bertz CT molecular complexity index is 741. The molecule has 0 unspecified atom stereocenters. The molecule has 6 heteroatoms. The third-order valence-corrected chi connectivity index (χ3v) is 2.73. The van der Waals surface area contributed by atoms with Gasteiger partial charge in [0.1, 0.15) is 17.0 Å². The van der Waals surface area contributed by atoms with Gasteiger partial charge in [-0.05, 0) is 6.92 Å². The van der Waals surface area contributed by atoms with E-state index in [9.17, 15) is 4.79 Å². The van der Waals surface area contributed by atoms with Crippen LogP contribution < -0.4 is 5.73 Å². The molecule has 0 aliphatic heterocycles. The zero-order valence-corrected chi connectivity index (χ0v) is 15.4. The zero-order valence-electron chi connectivity index (χ0n) is 15.4. The SMILES string of the molecule is C=CC=N/C(=C\C)c1nc(C(C)=O)n2ccnc(N)c12.CC.CC. The number of nitrogens with two attached hydrogens (primary N) is 1. The third kappa shape index (κ3) is 4.62. The number of fused-ring (bicyclic) bond motifs is 1. The highest BCUT2D eigenvalue weighted by Crippen LogP contribution is 2.25. The molecule has 6 nitrogen and oxygen atoms in total. The largest absolute Gasteiger partial charge is 0.382 e. The Morgan fingerprint density at radius 3 is 2.46 bits per heavy atom. The molecule has 2 N–H and O–H groups in total. The van der Waals surface area contributed by atoms with Crippen LogP contribution in [0.2, 0.25) is 0 Å². The molecule has 2 aromatic heterocycles. The number of allylic oxidation sites excluding steroid dienone is 2. The van der Waals surface area contributed by atoms with Crippen LogP contribution in [-0.4, -0.2) is 26.4 Å². The van der Waals surface area contributed by atoms with Crippen LogP contribution in [0.4, 0.5) is 5.82 Å². The number of nitrogen functional groups attached to an aromatic ring is 1. The summed E-state index contributed by atoms with van der Waals surface area (Å²) in [5.74, 6) is 0.452.